The van der Waals surface area contributed by atoms with Crippen LogP contribution in [0.3, 0.4) is 0 Å². The lowest BCUT2D eigenvalue weighted by Gasteiger charge is -2.24. The minimum Gasteiger partial charge on any atom is -0.322 e. The minimum absolute atomic E-state index is 0.0551. The lowest BCUT2D eigenvalue weighted by Crippen LogP contribution is -2.32. The molecule has 2 rings (SSSR count). The van der Waals surface area contributed by atoms with Crippen LogP contribution in [0.25, 0.3) is 0 Å². The van der Waals surface area contributed by atoms with Gasteiger partial charge in [-0.05, 0) is 18.4 Å². The number of rotatable bonds is 7. The van der Waals surface area contributed by atoms with Crippen molar-refractivity contribution < 1.29 is 9.00 Å². The summed E-state index contributed by atoms with van der Waals surface area (Å²) in [6, 6.07) is 9.97. The van der Waals surface area contributed by atoms with Crippen LogP contribution in [0.5, 0.6) is 0 Å². The largest absolute Gasteiger partial charge is 0.322 e. The van der Waals surface area contributed by atoms with Crippen molar-refractivity contribution in [2.75, 3.05) is 18.6 Å². The summed E-state index contributed by atoms with van der Waals surface area (Å²) in [7, 11) is -0.803. The van der Waals surface area contributed by atoms with Gasteiger partial charge in [-0.15, -0.1) is 0 Å². The van der Waals surface area contributed by atoms with E-state index in [2.05, 4.69) is 12.2 Å². The molecule has 1 aromatic carbocycles. The predicted octanol–water partition coefficient (Wildman–Crippen LogP) is 2.05. The highest BCUT2D eigenvalue weighted by atomic mass is 32.2. The van der Waals surface area contributed by atoms with E-state index in [9.17, 15) is 9.00 Å². The number of hydrogen-bond donors (Lipinski definition) is 1. The Bertz CT molecular complexity index is 492. The summed E-state index contributed by atoms with van der Waals surface area (Å²) in [4.78, 5) is 14.4. The van der Waals surface area contributed by atoms with E-state index in [1.807, 2.05) is 35.2 Å². The standard InChI is InChI=1S/C16H24N2O2S/c1-3-8-14-16(19)18(11-7-12-21(2)20)15(17-14)13-9-5-4-6-10-13/h4-6,9-10,14-15,17H,3,7-8,11-12H2,1-2H3. The van der Waals surface area contributed by atoms with Crippen LogP contribution in [-0.2, 0) is 15.6 Å². The van der Waals surface area contributed by atoms with Crippen LogP contribution in [0, 0.1) is 0 Å². The molecule has 1 amide bonds. The SMILES string of the molecule is CCCC1NC(c2ccccc2)N(CCCS(C)=O)C1=O. The summed E-state index contributed by atoms with van der Waals surface area (Å²) < 4.78 is 11.2. The lowest BCUT2D eigenvalue weighted by molar-refractivity contribution is -0.130. The van der Waals surface area contributed by atoms with Crippen LogP contribution < -0.4 is 5.32 Å². The van der Waals surface area contributed by atoms with Crippen molar-refractivity contribution in [3.63, 3.8) is 0 Å². The first kappa shape index (κ1) is 16.2. The summed E-state index contributed by atoms with van der Waals surface area (Å²) in [5, 5.41) is 3.45. The number of carbonyl (C=O) groups is 1. The molecule has 1 aliphatic heterocycles. The number of hydrogen-bond acceptors (Lipinski definition) is 3. The molecule has 0 aromatic heterocycles. The molecule has 0 saturated carbocycles. The van der Waals surface area contributed by atoms with E-state index >= 15 is 0 Å². The maximum Gasteiger partial charge on any atom is 0.241 e. The fourth-order valence-electron chi connectivity index (χ4n) is 2.76. The Morgan fingerprint density at radius 1 is 1.29 bits per heavy atom. The molecular weight excluding hydrogens is 284 g/mol. The van der Waals surface area contributed by atoms with Gasteiger partial charge in [0.2, 0.25) is 5.91 Å². The molecular formula is C16H24N2O2S. The molecule has 0 radical (unpaired) electrons. The maximum atomic E-state index is 12.5. The van der Waals surface area contributed by atoms with E-state index in [0.717, 1.165) is 24.8 Å². The van der Waals surface area contributed by atoms with Gasteiger partial charge in [0, 0.05) is 29.4 Å². The molecule has 1 aliphatic rings. The highest BCUT2D eigenvalue weighted by Crippen LogP contribution is 2.27. The first-order valence-corrected chi connectivity index (χ1v) is 9.27. The molecule has 3 atom stereocenters. The van der Waals surface area contributed by atoms with Gasteiger partial charge in [0.05, 0.1) is 6.04 Å². The zero-order valence-electron chi connectivity index (χ0n) is 12.7. The Labute approximate surface area is 129 Å². The summed E-state index contributed by atoms with van der Waals surface area (Å²) in [5.41, 5.74) is 1.11. The minimum atomic E-state index is -0.803. The number of nitrogens with zero attached hydrogens (tertiary/aromatic N) is 1. The Morgan fingerprint density at radius 3 is 2.62 bits per heavy atom. The number of amides is 1. The highest BCUT2D eigenvalue weighted by Gasteiger charge is 2.38. The molecule has 1 heterocycles. The quantitative estimate of drug-likeness (QED) is 0.839. The second kappa shape index (κ2) is 7.71. The molecule has 1 N–H and O–H groups in total. The predicted molar refractivity (Wildman–Crippen MR) is 86.3 cm³/mol. The van der Waals surface area contributed by atoms with Crippen molar-refractivity contribution in [1.82, 2.24) is 10.2 Å². The Kier molecular flexibility index (Phi) is 5.94. The molecule has 1 fully saturated rings. The maximum absolute atomic E-state index is 12.5. The Morgan fingerprint density at radius 2 is 2.00 bits per heavy atom. The summed E-state index contributed by atoms with van der Waals surface area (Å²) in [5.74, 6) is 0.816. The molecule has 1 aromatic rings. The fraction of sp³-hybridized carbons (Fsp3) is 0.562. The molecule has 21 heavy (non-hydrogen) atoms. The number of benzene rings is 1. The Hall–Kier alpha value is -1.20. The highest BCUT2D eigenvalue weighted by molar-refractivity contribution is 7.84. The van der Waals surface area contributed by atoms with Gasteiger partial charge in [-0.25, -0.2) is 0 Å². The third-order valence-electron chi connectivity index (χ3n) is 3.78. The van der Waals surface area contributed by atoms with E-state index in [0.29, 0.717) is 12.3 Å². The molecule has 1 saturated heterocycles. The first-order chi connectivity index (χ1) is 10.1. The molecule has 0 aliphatic carbocycles. The summed E-state index contributed by atoms with van der Waals surface area (Å²) in [6.07, 6.45) is 4.27. The van der Waals surface area contributed by atoms with Crippen LogP contribution in [0.4, 0.5) is 0 Å². The second-order valence-corrected chi connectivity index (χ2v) is 7.04. The average molecular weight is 308 g/mol. The molecule has 3 unspecified atom stereocenters. The summed E-state index contributed by atoms with van der Waals surface area (Å²) in [6.45, 7) is 2.75. The third-order valence-corrected chi connectivity index (χ3v) is 4.64. The van der Waals surface area contributed by atoms with Gasteiger partial charge in [0.15, 0.2) is 0 Å². The zero-order valence-corrected chi connectivity index (χ0v) is 13.6. The zero-order chi connectivity index (χ0) is 15.2. The second-order valence-electron chi connectivity index (χ2n) is 5.48. The number of carbonyl (C=O) groups excluding carboxylic acids is 1. The topological polar surface area (TPSA) is 49.4 Å². The lowest BCUT2D eigenvalue weighted by atomic mass is 10.1. The molecule has 5 heteroatoms. The number of nitrogens with one attached hydrogen (secondary N) is 1. The molecule has 116 valence electrons. The van der Waals surface area contributed by atoms with Gasteiger partial charge in [-0.1, -0.05) is 43.7 Å². The van der Waals surface area contributed by atoms with Crippen LogP contribution in [0.2, 0.25) is 0 Å². The molecule has 4 nitrogen and oxygen atoms in total. The van der Waals surface area contributed by atoms with Crippen LogP contribution in [0.1, 0.15) is 37.9 Å². The van der Waals surface area contributed by atoms with Crippen molar-refractivity contribution in [1.29, 1.82) is 0 Å². The van der Waals surface area contributed by atoms with E-state index in [1.54, 1.807) is 6.26 Å². The normalized spacial score (nSPS) is 23.5. The van der Waals surface area contributed by atoms with Gasteiger partial charge in [-0.3, -0.25) is 14.3 Å². The van der Waals surface area contributed by atoms with E-state index in [-0.39, 0.29) is 18.1 Å². The fourth-order valence-corrected chi connectivity index (χ4v) is 3.30. The van der Waals surface area contributed by atoms with Crippen LogP contribution in [-0.4, -0.2) is 39.6 Å². The van der Waals surface area contributed by atoms with Gasteiger partial charge in [0.1, 0.15) is 6.17 Å². The van der Waals surface area contributed by atoms with E-state index in [4.69, 9.17) is 0 Å². The van der Waals surface area contributed by atoms with Gasteiger partial charge in [-0.2, -0.15) is 0 Å². The van der Waals surface area contributed by atoms with Crippen molar-refractivity contribution in [3.8, 4) is 0 Å². The van der Waals surface area contributed by atoms with Gasteiger partial charge < -0.3 is 4.90 Å². The molecule has 0 spiro atoms. The monoisotopic (exact) mass is 308 g/mol. The first-order valence-electron chi connectivity index (χ1n) is 7.55. The van der Waals surface area contributed by atoms with Gasteiger partial charge >= 0.3 is 0 Å². The van der Waals surface area contributed by atoms with E-state index < -0.39 is 10.8 Å². The van der Waals surface area contributed by atoms with Crippen molar-refractivity contribution in [2.45, 2.75) is 38.4 Å². The van der Waals surface area contributed by atoms with Gasteiger partial charge in [0.25, 0.3) is 0 Å². The van der Waals surface area contributed by atoms with Crippen LogP contribution >= 0.6 is 0 Å². The average Bonchev–Trinajstić information content (AvgIpc) is 2.78. The third kappa shape index (κ3) is 4.14. The van der Waals surface area contributed by atoms with E-state index in [1.165, 1.54) is 0 Å². The van der Waals surface area contributed by atoms with Crippen molar-refractivity contribution in [3.05, 3.63) is 35.9 Å². The van der Waals surface area contributed by atoms with Crippen molar-refractivity contribution >= 4 is 16.7 Å². The molecule has 0 bridgehead atoms. The van der Waals surface area contributed by atoms with Crippen molar-refractivity contribution in [2.24, 2.45) is 0 Å². The van der Waals surface area contributed by atoms with Crippen LogP contribution in [0.15, 0.2) is 30.3 Å². The smallest absolute Gasteiger partial charge is 0.241 e. The summed E-state index contributed by atoms with van der Waals surface area (Å²) >= 11 is 0. The Balaban J connectivity index is 2.11.